The highest BCUT2D eigenvalue weighted by Crippen LogP contribution is 2.54. The van der Waals surface area contributed by atoms with E-state index < -0.39 is 32.5 Å². The lowest BCUT2D eigenvalue weighted by Crippen LogP contribution is -2.41. The average Bonchev–Trinajstić information content (AvgIpc) is 3.07. The van der Waals surface area contributed by atoms with Crippen LogP contribution in [0.25, 0.3) is 0 Å². The molecule has 1 aliphatic carbocycles. The lowest BCUT2D eigenvalue weighted by molar-refractivity contribution is -0.145. The summed E-state index contributed by atoms with van der Waals surface area (Å²) < 4.78 is 33.8. The molecular formula is C14H19NO5S. The maximum atomic E-state index is 12.1. The van der Waals surface area contributed by atoms with E-state index in [1.54, 1.807) is 31.2 Å². The normalized spacial score (nSPS) is 28.0. The maximum absolute atomic E-state index is 12.1. The van der Waals surface area contributed by atoms with Crippen molar-refractivity contribution in [1.82, 2.24) is 0 Å². The minimum atomic E-state index is -3.47. The molecule has 1 saturated carbocycles. The third kappa shape index (κ3) is 2.63. The largest absolute Gasteiger partial charge is 0.497 e. The molecule has 1 aliphatic rings. The van der Waals surface area contributed by atoms with Gasteiger partial charge in [0.2, 0.25) is 0 Å². The minimum Gasteiger partial charge on any atom is -0.497 e. The fourth-order valence-electron chi connectivity index (χ4n) is 2.74. The van der Waals surface area contributed by atoms with Gasteiger partial charge in [-0.1, -0.05) is 12.1 Å². The third-order valence-corrected chi connectivity index (χ3v) is 5.33. The molecule has 3 atom stereocenters. The van der Waals surface area contributed by atoms with Gasteiger partial charge in [-0.25, -0.2) is 13.2 Å². The molecule has 0 spiro atoms. The molecule has 0 unspecified atom stereocenters. The van der Waals surface area contributed by atoms with Crippen LogP contribution in [0.5, 0.6) is 5.75 Å². The molecule has 0 bridgehead atoms. The van der Waals surface area contributed by atoms with Crippen LogP contribution in [0.3, 0.4) is 0 Å². The number of rotatable bonds is 5. The minimum absolute atomic E-state index is 0.156. The predicted molar refractivity (Wildman–Crippen MR) is 77.9 cm³/mol. The SMILES string of the molecule is CCOC(=O)[C@@]1(N)[C@@H](c2ccc(OC)cc2)[C@@H]1S(C)(=O)=O. The quantitative estimate of drug-likeness (QED) is 0.794. The van der Waals surface area contributed by atoms with Gasteiger partial charge < -0.3 is 15.2 Å². The molecule has 116 valence electrons. The van der Waals surface area contributed by atoms with Crippen molar-refractivity contribution in [2.24, 2.45) is 5.73 Å². The molecule has 6 nitrogen and oxygen atoms in total. The summed E-state index contributed by atoms with van der Waals surface area (Å²) in [6, 6.07) is 6.85. The fraction of sp³-hybridized carbons (Fsp3) is 0.500. The van der Waals surface area contributed by atoms with Crippen molar-refractivity contribution >= 4 is 15.8 Å². The first-order chi connectivity index (χ1) is 9.76. The van der Waals surface area contributed by atoms with Crippen LogP contribution in [0, 0.1) is 0 Å². The molecule has 1 aromatic rings. The van der Waals surface area contributed by atoms with E-state index in [1.807, 2.05) is 0 Å². The van der Waals surface area contributed by atoms with Gasteiger partial charge in [0.15, 0.2) is 9.84 Å². The number of ether oxygens (including phenoxy) is 2. The van der Waals surface area contributed by atoms with E-state index >= 15 is 0 Å². The summed E-state index contributed by atoms with van der Waals surface area (Å²) in [6.07, 6.45) is 1.09. The number of methoxy groups -OCH3 is 1. The topological polar surface area (TPSA) is 95.7 Å². The molecule has 0 aromatic heterocycles. The molecule has 0 saturated heterocycles. The van der Waals surface area contributed by atoms with Crippen LogP contribution in [0.4, 0.5) is 0 Å². The first kappa shape index (κ1) is 15.8. The number of carbonyl (C=O) groups excluding carboxylic acids is 1. The van der Waals surface area contributed by atoms with Crippen LogP contribution in [0.2, 0.25) is 0 Å². The predicted octanol–water partition coefficient (Wildman–Crippen LogP) is 0.466. The van der Waals surface area contributed by atoms with E-state index in [9.17, 15) is 13.2 Å². The van der Waals surface area contributed by atoms with E-state index in [4.69, 9.17) is 15.2 Å². The van der Waals surface area contributed by atoms with Gasteiger partial charge in [0.25, 0.3) is 0 Å². The molecule has 21 heavy (non-hydrogen) atoms. The Morgan fingerprint density at radius 3 is 2.33 bits per heavy atom. The van der Waals surface area contributed by atoms with Gasteiger partial charge in [-0.15, -0.1) is 0 Å². The van der Waals surface area contributed by atoms with Gasteiger partial charge in [0.05, 0.1) is 19.0 Å². The Morgan fingerprint density at radius 1 is 1.33 bits per heavy atom. The van der Waals surface area contributed by atoms with Gasteiger partial charge in [-0.3, -0.25) is 0 Å². The first-order valence-electron chi connectivity index (χ1n) is 6.55. The zero-order valence-electron chi connectivity index (χ0n) is 12.2. The van der Waals surface area contributed by atoms with Crippen LogP contribution in [-0.2, 0) is 19.4 Å². The maximum Gasteiger partial charge on any atom is 0.328 e. The van der Waals surface area contributed by atoms with Crippen LogP contribution in [0.15, 0.2) is 24.3 Å². The van der Waals surface area contributed by atoms with Crippen LogP contribution >= 0.6 is 0 Å². The number of nitrogens with two attached hydrogens (primary N) is 1. The Kier molecular flexibility index (Phi) is 3.99. The summed E-state index contributed by atoms with van der Waals surface area (Å²) >= 11 is 0. The Bertz CT molecular complexity index is 640. The van der Waals surface area contributed by atoms with Gasteiger partial charge in [-0.2, -0.15) is 0 Å². The molecule has 0 heterocycles. The lowest BCUT2D eigenvalue weighted by Gasteiger charge is -2.10. The van der Waals surface area contributed by atoms with Crippen molar-refractivity contribution in [2.45, 2.75) is 23.6 Å². The second-order valence-electron chi connectivity index (χ2n) is 5.15. The molecule has 7 heteroatoms. The van der Waals surface area contributed by atoms with Crippen molar-refractivity contribution in [2.75, 3.05) is 20.0 Å². The molecule has 0 radical (unpaired) electrons. The Morgan fingerprint density at radius 2 is 1.90 bits per heavy atom. The zero-order chi connectivity index (χ0) is 15.8. The molecule has 2 N–H and O–H groups in total. The highest BCUT2D eigenvalue weighted by molar-refractivity contribution is 7.91. The van der Waals surface area contributed by atoms with Crippen molar-refractivity contribution in [3.05, 3.63) is 29.8 Å². The summed E-state index contributed by atoms with van der Waals surface area (Å²) in [4.78, 5) is 12.1. The first-order valence-corrected chi connectivity index (χ1v) is 8.51. The second-order valence-corrected chi connectivity index (χ2v) is 7.32. The molecule has 2 rings (SSSR count). The van der Waals surface area contributed by atoms with Gasteiger partial charge >= 0.3 is 5.97 Å². The Labute approximate surface area is 124 Å². The molecular weight excluding hydrogens is 294 g/mol. The number of hydrogen-bond donors (Lipinski definition) is 1. The van der Waals surface area contributed by atoms with E-state index in [0.29, 0.717) is 11.3 Å². The lowest BCUT2D eigenvalue weighted by atomic mass is 10.1. The van der Waals surface area contributed by atoms with Crippen LogP contribution < -0.4 is 10.5 Å². The van der Waals surface area contributed by atoms with E-state index in [2.05, 4.69) is 0 Å². The molecule has 0 aliphatic heterocycles. The van der Waals surface area contributed by atoms with E-state index in [1.165, 1.54) is 7.11 Å². The Balaban J connectivity index is 2.38. The molecule has 1 aromatic carbocycles. The average molecular weight is 313 g/mol. The van der Waals surface area contributed by atoms with Crippen LogP contribution in [-0.4, -0.2) is 45.1 Å². The standard InChI is InChI=1S/C14H19NO5S/c1-4-20-13(16)14(15)11(12(14)21(3,17)18)9-5-7-10(19-2)8-6-9/h5-8,11-12H,4,15H2,1-3H3/t11-,12-,14+/m0/s1. The zero-order valence-corrected chi connectivity index (χ0v) is 13.0. The van der Waals surface area contributed by atoms with Crippen molar-refractivity contribution in [3.8, 4) is 5.75 Å². The van der Waals surface area contributed by atoms with Crippen molar-refractivity contribution in [1.29, 1.82) is 0 Å². The summed E-state index contributed by atoms with van der Waals surface area (Å²) in [7, 11) is -1.93. The fourth-order valence-corrected chi connectivity index (χ4v) is 4.49. The summed E-state index contributed by atoms with van der Waals surface area (Å²) in [5, 5.41) is -0.961. The van der Waals surface area contributed by atoms with E-state index in [-0.39, 0.29) is 6.61 Å². The van der Waals surface area contributed by atoms with Crippen molar-refractivity contribution < 1.29 is 22.7 Å². The summed E-state index contributed by atoms with van der Waals surface area (Å²) in [5.74, 6) is -0.632. The van der Waals surface area contributed by atoms with Gasteiger partial charge in [0.1, 0.15) is 11.3 Å². The second kappa shape index (κ2) is 5.31. The van der Waals surface area contributed by atoms with Gasteiger partial charge in [-0.05, 0) is 24.6 Å². The molecule has 1 fully saturated rings. The number of carbonyl (C=O) groups is 1. The monoisotopic (exact) mass is 313 g/mol. The molecule has 0 amide bonds. The highest BCUT2D eigenvalue weighted by Gasteiger charge is 2.73. The smallest absolute Gasteiger partial charge is 0.328 e. The summed E-state index contributed by atoms with van der Waals surface area (Å²) in [5.41, 5.74) is 5.23. The highest BCUT2D eigenvalue weighted by atomic mass is 32.2. The third-order valence-electron chi connectivity index (χ3n) is 3.74. The summed E-state index contributed by atoms with van der Waals surface area (Å²) in [6.45, 7) is 1.81. The number of hydrogen-bond acceptors (Lipinski definition) is 6. The number of esters is 1. The van der Waals surface area contributed by atoms with Crippen LogP contribution in [0.1, 0.15) is 18.4 Å². The van der Waals surface area contributed by atoms with Gasteiger partial charge in [0, 0.05) is 12.2 Å². The van der Waals surface area contributed by atoms with E-state index in [0.717, 1.165) is 6.26 Å². The Hall–Kier alpha value is -1.60. The van der Waals surface area contributed by atoms with Crippen molar-refractivity contribution in [3.63, 3.8) is 0 Å². The number of sulfone groups is 1. The number of benzene rings is 1.